The Kier molecular flexibility index (Phi) is 7.58. The Balaban J connectivity index is 1.75. The van der Waals surface area contributed by atoms with Crippen molar-refractivity contribution in [3.63, 3.8) is 0 Å². The molecule has 3 aromatic rings. The summed E-state index contributed by atoms with van der Waals surface area (Å²) in [6.07, 6.45) is -0.717. The van der Waals surface area contributed by atoms with Gasteiger partial charge < -0.3 is 14.6 Å². The molecule has 2 N–H and O–H groups in total. The second kappa shape index (κ2) is 10.6. The molecule has 3 rings (SSSR count). The average molecular weight is 379 g/mol. The van der Waals surface area contributed by atoms with Gasteiger partial charge in [0, 0.05) is 12.7 Å². The summed E-state index contributed by atoms with van der Waals surface area (Å²) in [5, 5.41) is 10.3. The number of nitrogens with one attached hydrogen (secondary N) is 1. The molecule has 0 saturated carbocycles. The van der Waals surface area contributed by atoms with Gasteiger partial charge in [-0.1, -0.05) is 78.9 Å². The van der Waals surface area contributed by atoms with Gasteiger partial charge in [-0.15, -0.1) is 0 Å². The number of hydrogen-bond donors (Lipinski definition) is 2. The number of aliphatic hydroxyl groups excluding tert-OH is 1. The molecule has 146 valence electrons. The van der Waals surface area contributed by atoms with Crippen LogP contribution in [0, 0.1) is 0 Å². The number of aliphatic hydroxyl groups is 1. The number of hydrogen-bond acceptors (Lipinski definition) is 5. The molecule has 0 aliphatic carbocycles. The highest BCUT2D eigenvalue weighted by atomic mass is 16.7. The van der Waals surface area contributed by atoms with E-state index >= 15 is 0 Å². The van der Waals surface area contributed by atoms with Crippen LogP contribution in [0.3, 0.4) is 0 Å². The predicted octanol–water partition coefficient (Wildman–Crippen LogP) is 4.01. The summed E-state index contributed by atoms with van der Waals surface area (Å²) >= 11 is 0. The summed E-state index contributed by atoms with van der Waals surface area (Å²) in [6, 6.07) is 26.9. The molecule has 0 radical (unpaired) electrons. The molecular formula is C23H25NO4. The van der Waals surface area contributed by atoms with E-state index in [9.17, 15) is 5.11 Å². The van der Waals surface area contributed by atoms with Gasteiger partial charge in [0.25, 0.3) is 0 Å². The number of hydroxylamine groups is 1. The van der Waals surface area contributed by atoms with Crippen LogP contribution in [0.25, 0.3) is 0 Å². The maximum Gasteiger partial charge on any atom is 0.188 e. The van der Waals surface area contributed by atoms with Crippen LogP contribution in [-0.4, -0.2) is 25.6 Å². The Labute approximate surface area is 165 Å². The number of methoxy groups -OCH3 is 1. The van der Waals surface area contributed by atoms with Crippen LogP contribution in [0.4, 0.5) is 0 Å². The van der Waals surface area contributed by atoms with Crippen molar-refractivity contribution in [3.8, 4) is 5.75 Å². The van der Waals surface area contributed by atoms with E-state index < -0.39 is 6.10 Å². The van der Waals surface area contributed by atoms with Crippen LogP contribution in [0.15, 0.2) is 84.9 Å². The summed E-state index contributed by atoms with van der Waals surface area (Å²) in [5.74, 6) is 0.706. The zero-order chi connectivity index (χ0) is 19.6. The van der Waals surface area contributed by atoms with Gasteiger partial charge in [-0.2, -0.15) is 5.48 Å². The lowest BCUT2D eigenvalue weighted by atomic mass is 9.98. The van der Waals surface area contributed by atoms with E-state index in [1.165, 1.54) is 0 Å². The predicted molar refractivity (Wildman–Crippen MR) is 108 cm³/mol. The molecule has 28 heavy (non-hydrogen) atoms. The maximum atomic E-state index is 10.3. The van der Waals surface area contributed by atoms with Gasteiger partial charge in [0.15, 0.2) is 6.79 Å². The Morgan fingerprint density at radius 2 is 1.43 bits per heavy atom. The van der Waals surface area contributed by atoms with Crippen LogP contribution in [0.5, 0.6) is 5.75 Å². The van der Waals surface area contributed by atoms with Gasteiger partial charge in [0.2, 0.25) is 0 Å². The summed E-state index contributed by atoms with van der Waals surface area (Å²) in [5.41, 5.74) is 5.83. The molecule has 5 nitrogen and oxygen atoms in total. The second-order valence-corrected chi connectivity index (χ2v) is 6.29. The van der Waals surface area contributed by atoms with E-state index in [0.29, 0.717) is 5.75 Å². The SMILES string of the molecule is COCOc1ccccc1[C@@H](NOC[C@H](O)c1ccccc1)c1ccccc1. The van der Waals surface area contributed by atoms with Gasteiger partial charge >= 0.3 is 0 Å². The molecule has 0 unspecified atom stereocenters. The van der Waals surface area contributed by atoms with Gasteiger partial charge in [0.1, 0.15) is 11.9 Å². The van der Waals surface area contributed by atoms with Crippen molar-refractivity contribution in [2.24, 2.45) is 0 Å². The van der Waals surface area contributed by atoms with Crippen molar-refractivity contribution >= 4 is 0 Å². The first kappa shape index (κ1) is 20.0. The Morgan fingerprint density at radius 1 is 0.821 bits per heavy atom. The molecule has 0 aliphatic rings. The van der Waals surface area contributed by atoms with E-state index in [1.54, 1.807) is 7.11 Å². The van der Waals surface area contributed by atoms with Crippen LogP contribution in [0.2, 0.25) is 0 Å². The summed E-state index contributed by atoms with van der Waals surface area (Å²) in [6.45, 7) is 0.278. The number of rotatable bonds is 10. The lowest BCUT2D eigenvalue weighted by molar-refractivity contribution is -0.0317. The largest absolute Gasteiger partial charge is 0.467 e. The zero-order valence-electron chi connectivity index (χ0n) is 15.8. The van der Waals surface area contributed by atoms with Crippen LogP contribution in [0.1, 0.15) is 28.8 Å². The molecular weight excluding hydrogens is 354 g/mol. The third-order valence-electron chi connectivity index (χ3n) is 4.32. The third kappa shape index (κ3) is 5.41. The molecule has 0 fully saturated rings. The van der Waals surface area contributed by atoms with Gasteiger partial charge in [-0.05, 0) is 17.2 Å². The van der Waals surface area contributed by atoms with E-state index in [0.717, 1.165) is 16.7 Å². The number of benzene rings is 3. The van der Waals surface area contributed by atoms with E-state index in [2.05, 4.69) is 5.48 Å². The quantitative estimate of drug-likeness (QED) is 0.412. The molecule has 0 saturated heterocycles. The standard InChI is InChI=1S/C23H25NO4/c1-26-17-27-22-15-9-8-14-20(22)23(19-12-6-3-7-13-19)24-28-16-21(25)18-10-4-2-5-11-18/h2-15,21,23-25H,16-17H2,1H3/t21-,23-/m0/s1. The van der Waals surface area contributed by atoms with Crippen LogP contribution in [-0.2, 0) is 9.57 Å². The molecule has 0 heterocycles. The first-order valence-electron chi connectivity index (χ1n) is 9.15. The summed E-state index contributed by atoms with van der Waals surface area (Å²) in [7, 11) is 1.59. The van der Waals surface area contributed by atoms with E-state index in [4.69, 9.17) is 14.3 Å². The van der Waals surface area contributed by atoms with Gasteiger partial charge in [0.05, 0.1) is 12.6 Å². The first-order chi connectivity index (χ1) is 13.8. The Hall–Kier alpha value is -2.70. The normalized spacial score (nSPS) is 13.1. The molecule has 0 aromatic heterocycles. The van der Waals surface area contributed by atoms with Crippen LogP contribution >= 0.6 is 0 Å². The minimum atomic E-state index is -0.717. The van der Waals surface area contributed by atoms with E-state index in [1.807, 2.05) is 84.9 Å². The molecule has 0 aliphatic heterocycles. The van der Waals surface area contributed by atoms with Gasteiger partial charge in [-0.3, -0.25) is 4.84 Å². The second-order valence-electron chi connectivity index (χ2n) is 6.29. The first-order valence-corrected chi connectivity index (χ1v) is 9.15. The zero-order valence-corrected chi connectivity index (χ0v) is 15.8. The summed E-state index contributed by atoms with van der Waals surface area (Å²) < 4.78 is 10.8. The minimum absolute atomic E-state index is 0.119. The molecule has 0 amide bonds. The molecule has 0 spiro atoms. The van der Waals surface area contributed by atoms with Crippen molar-refractivity contribution in [1.82, 2.24) is 5.48 Å². The van der Waals surface area contributed by atoms with Crippen molar-refractivity contribution < 1.29 is 19.4 Å². The molecule has 3 aromatic carbocycles. The van der Waals surface area contributed by atoms with Gasteiger partial charge in [-0.25, -0.2) is 0 Å². The molecule has 5 heteroatoms. The summed E-state index contributed by atoms with van der Waals surface area (Å²) in [4.78, 5) is 5.69. The smallest absolute Gasteiger partial charge is 0.188 e. The fourth-order valence-corrected chi connectivity index (χ4v) is 2.91. The van der Waals surface area contributed by atoms with Crippen molar-refractivity contribution in [1.29, 1.82) is 0 Å². The Morgan fingerprint density at radius 3 is 2.11 bits per heavy atom. The lowest BCUT2D eigenvalue weighted by Gasteiger charge is -2.23. The monoisotopic (exact) mass is 379 g/mol. The number of para-hydroxylation sites is 1. The van der Waals surface area contributed by atoms with Crippen molar-refractivity contribution in [2.45, 2.75) is 12.1 Å². The van der Waals surface area contributed by atoms with Crippen LogP contribution < -0.4 is 10.2 Å². The fraction of sp³-hybridized carbons (Fsp3) is 0.217. The maximum absolute atomic E-state index is 10.3. The number of ether oxygens (including phenoxy) is 2. The average Bonchev–Trinajstić information content (AvgIpc) is 2.77. The lowest BCUT2D eigenvalue weighted by Crippen LogP contribution is -2.26. The Bertz CT molecular complexity index is 826. The highest BCUT2D eigenvalue weighted by molar-refractivity contribution is 5.41. The highest BCUT2D eigenvalue weighted by Gasteiger charge is 2.19. The van der Waals surface area contributed by atoms with Crippen molar-refractivity contribution in [2.75, 3.05) is 20.5 Å². The topological polar surface area (TPSA) is 60.0 Å². The molecule has 0 bridgehead atoms. The third-order valence-corrected chi connectivity index (χ3v) is 4.32. The molecule has 2 atom stereocenters. The fourth-order valence-electron chi connectivity index (χ4n) is 2.91. The van der Waals surface area contributed by atoms with Crippen molar-refractivity contribution in [3.05, 3.63) is 102 Å². The van der Waals surface area contributed by atoms with E-state index in [-0.39, 0.29) is 19.4 Å². The highest BCUT2D eigenvalue weighted by Crippen LogP contribution is 2.30. The minimum Gasteiger partial charge on any atom is -0.467 e.